The number of hydrogen-bond acceptors (Lipinski definition) is 5. The van der Waals surface area contributed by atoms with E-state index in [1.807, 2.05) is 32.7 Å². The van der Waals surface area contributed by atoms with Crippen LogP contribution in [0.4, 0.5) is 0 Å². The van der Waals surface area contributed by atoms with Gasteiger partial charge >= 0.3 is 0 Å². The SMILES string of the molecule is CNCCC1CCN(C(=O)CCc2nc(C(C)(C)C)no2)CC1. The van der Waals surface area contributed by atoms with E-state index in [2.05, 4.69) is 15.5 Å². The maximum atomic E-state index is 12.3. The van der Waals surface area contributed by atoms with Crippen molar-refractivity contribution in [2.75, 3.05) is 26.7 Å². The molecule has 23 heavy (non-hydrogen) atoms. The second kappa shape index (κ2) is 7.90. The van der Waals surface area contributed by atoms with Crippen LogP contribution in [0.15, 0.2) is 4.52 Å². The molecule has 1 aliphatic rings. The van der Waals surface area contributed by atoms with E-state index in [4.69, 9.17) is 4.52 Å². The Morgan fingerprint density at radius 3 is 2.61 bits per heavy atom. The zero-order valence-electron chi connectivity index (χ0n) is 14.9. The topological polar surface area (TPSA) is 71.3 Å². The van der Waals surface area contributed by atoms with Crippen molar-refractivity contribution in [1.82, 2.24) is 20.4 Å². The summed E-state index contributed by atoms with van der Waals surface area (Å²) in [5.74, 6) is 2.21. The highest BCUT2D eigenvalue weighted by atomic mass is 16.5. The Balaban J connectivity index is 1.74. The normalized spacial score (nSPS) is 16.8. The van der Waals surface area contributed by atoms with Gasteiger partial charge in [0.15, 0.2) is 5.82 Å². The summed E-state index contributed by atoms with van der Waals surface area (Å²) < 4.78 is 5.25. The van der Waals surface area contributed by atoms with Crippen molar-refractivity contribution < 1.29 is 9.32 Å². The summed E-state index contributed by atoms with van der Waals surface area (Å²) in [6.07, 6.45) is 4.41. The van der Waals surface area contributed by atoms with Crippen LogP contribution in [0.3, 0.4) is 0 Å². The van der Waals surface area contributed by atoms with Crippen LogP contribution in [0.25, 0.3) is 0 Å². The summed E-state index contributed by atoms with van der Waals surface area (Å²) in [6, 6.07) is 0. The first-order valence-electron chi connectivity index (χ1n) is 8.65. The molecule has 0 atom stereocenters. The van der Waals surface area contributed by atoms with Crippen LogP contribution in [0.2, 0.25) is 0 Å². The Kier molecular flexibility index (Phi) is 6.16. The van der Waals surface area contributed by atoms with E-state index in [0.717, 1.165) is 38.4 Å². The van der Waals surface area contributed by atoms with Gasteiger partial charge in [-0.05, 0) is 38.8 Å². The second-order valence-corrected chi connectivity index (χ2v) is 7.48. The Morgan fingerprint density at radius 2 is 2.04 bits per heavy atom. The van der Waals surface area contributed by atoms with Gasteiger partial charge in [-0.1, -0.05) is 25.9 Å². The molecule has 0 unspecified atom stereocenters. The smallest absolute Gasteiger partial charge is 0.227 e. The van der Waals surface area contributed by atoms with Crippen molar-refractivity contribution in [2.24, 2.45) is 5.92 Å². The zero-order valence-corrected chi connectivity index (χ0v) is 14.9. The molecule has 0 aromatic carbocycles. The molecular formula is C17H30N4O2. The lowest BCUT2D eigenvalue weighted by Gasteiger charge is -2.32. The fourth-order valence-corrected chi connectivity index (χ4v) is 2.85. The van der Waals surface area contributed by atoms with E-state index in [9.17, 15) is 4.79 Å². The number of piperidine rings is 1. The Morgan fingerprint density at radius 1 is 1.35 bits per heavy atom. The molecule has 2 heterocycles. The van der Waals surface area contributed by atoms with Crippen LogP contribution in [0.5, 0.6) is 0 Å². The largest absolute Gasteiger partial charge is 0.343 e. The van der Waals surface area contributed by atoms with Crippen molar-refractivity contribution in [2.45, 2.75) is 58.3 Å². The van der Waals surface area contributed by atoms with E-state index in [1.165, 1.54) is 6.42 Å². The van der Waals surface area contributed by atoms with Gasteiger partial charge in [0, 0.05) is 31.3 Å². The lowest BCUT2D eigenvalue weighted by Crippen LogP contribution is -2.39. The summed E-state index contributed by atoms with van der Waals surface area (Å²) in [5, 5.41) is 7.20. The minimum absolute atomic E-state index is 0.124. The second-order valence-electron chi connectivity index (χ2n) is 7.48. The first-order valence-corrected chi connectivity index (χ1v) is 8.65. The highest BCUT2D eigenvalue weighted by molar-refractivity contribution is 5.76. The summed E-state index contributed by atoms with van der Waals surface area (Å²) >= 11 is 0. The number of nitrogens with one attached hydrogen (secondary N) is 1. The van der Waals surface area contributed by atoms with E-state index in [1.54, 1.807) is 0 Å². The van der Waals surface area contributed by atoms with Gasteiger partial charge in [0.1, 0.15) is 0 Å². The summed E-state index contributed by atoms with van der Waals surface area (Å²) in [4.78, 5) is 18.7. The van der Waals surface area contributed by atoms with Crippen molar-refractivity contribution in [3.05, 3.63) is 11.7 Å². The standard InChI is InChI=1S/C17H30N4O2/c1-17(2,3)16-19-14(23-20-16)5-6-15(22)21-11-8-13(9-12-21)7-10-18-4/h13,18H,5-12H2,1-4H3. The third kappa shape index (κ3) is 5.30. The number of hydrogen-bond donors (Lipinski definition) is 1. The van der Waals surface area contributed by atoms with Gasteiger partial charge in [-0.3, -0.25) is 4.79 Å². The molecule has 1 N–H and O–H groups in total. The lowest BCUT2D eigenvalue weighted by atomic mass is 9.93. The first-order chi connectivity index (χ1) is 10.9. The molecule has 0 radical (unpaired) electrons. The van der Waals surface area contributed by atoms with E-state index < -0.39 is 0 Å². The van der Waals surface area contributed by atoms with Gasteiger partial charge in [0.05, 0.1) is 0 Å². The van der Waals surface area contributed by atoms with Crippen LogP contribution in [0.1, 0.15) is 58.2 Å². The van der Waals surface area contributed by atoms with Gasteiger partial charge < -0.3 is 14.7 Å². The fraction of sp³-hybridized carbons (Fsp3) is 0.824. The van der Waals surface area contributed by atoms with Crippen LogP contribution < -0.4 is 5.32 Å². The third-order valence-corrected chi connectivity index (χ3v) is 4.46. The predicted molar refractivity (Wildman–Crippen MR) is 89.2 cm³/mol. The number of likely N-dealkylation sites (tertiary alicyclic amines) is 1. The molecule has 1 aromatic heterocycles. The van der Waals surface area contributed by atoms with Gasteiger partial charge in [-0.15, -0.1) is 0 Å². The van der Waals surface area contributed by atoms with Crippen LogP contribution in [-0.4, -0.2) is 47.6 Å². The van der Waals surface area contributed by atoms with Crippen molar-refractivity contribution in [3.8, 4) is 0 Å². The molecule has 6 heteroatoms. The number of carbonyl (C=O) groups is 1. The summed E-state index contributed by atoms with van der Waals surface area (Å²) in [7, 11) is 1.99. The highest BCUT2D eigenvalue weighted by Gasteiger charge is 2.24. The number of amides is 1. The third-order valence-electron chi connectivity index (χ3n) is 4.46. The maximum absolute atomic E-state index is 12.3. The van der Waals surface area contributed by atoms with Gasteiger partial charge in [0.2, 0.25) is 11.8 Å². The van der Waals surface area contributed by atoms with Crippen molar-refractivity contribution in [3.63, 3.8) is 0 Å². The number of nitrogens with zero attached hydrogens (tertiary/aromatic N) is 3. The molecule has 1 fully saturated rings. The average Bonchev–Trinajstić information content (AvgIpc) is 3.00. The molecule has 0 spiro atoms. The minimum Gasteiger partial charge on any atom is -0.343 e. The maximum Gasteiger partial charge on any atom is 0.227 e. The first kappa shape index (κ1) is 17.9. The molecule has 0 bridgehead atoms. The predicted octanol–water partition coefficient (Wildman–Crippen LogP) is 2.15. The Hall–Kier alpha value is -1.43. The van der Waals surface area contributed by atoms with Gasteiger partial charge in [-0.2, -0.15) is 4.98 Å². The monoisotopic (exact) mass is 322 g/mol. The van der Waals surface area contributed by atoms with E-state index in [0.29, 0.717) is 24.6 Å². The van der Waals surface area contributed by atoms with E-state index in [-0.39, 0.29) is 11.3 Å². The minimum atomic E-state index is -0.124. The Labute approximate surface area is 139 Å². The number of rotatable bonds is 6. The van der Waals surface area contributed by atoms with E-state index >= 15 is 0 Å². The Bertz CT molecular complexity index is 499. The number of carbonyl (C=O) groups excluding carboxylic acids is 1. The summed E-state index contributed by atoms with van der Waals surface area (Å²) in [5.41, 5.74) is -0.124. The van der Waals surface area contributed by atoms with Crippen LogP contribution in [0, 0.1) is 5.92 Å². The van der Waals surface area contributed by atoms with Crippen LogP contribution in [-0.2, 0) is 16.6 Å². The summed E-state index contributed by atoms with van der Waals surface area (Å²) in [6.45, 7) is 8.96. The molecule has 1 aliphatic heterocycles. The fourth-order valence-electron chi connectivity index (χ4n) is 2.85. The zero-order chi connectivity index (χ0) is 16.9. The van der Waals surface area contributed by atoms with Crippen LogP contribution >= 0.6 is 0 Å². The van der Waals surface area contributed by atoms with Crippen molar-refractivity contribution in [1.29, 1.82) is 0 Å². The van der Waals surface area contributed by atoms with Gasteiger partial charge in [-0.25, -0.2) is 0 Å². The molecule has 1 saturated heterocycles. The molecule has 0 aliphatic carbocycles. The van der Waals surface area contributed by atoms with Crippen molar-refractivity contribution >= 4 is 5.91 Å². The number of aromatic nitrogens is 2. The lowest BCUT2D eigenvalue weighted by molar-refractivity contribution is -0.132. The molecule has 130 valence electrons. The average molecular weight is 322 g/mol. The molecule has 1 amide bonds. The van der Waals surface area contributed by atoms with Gasteiger partial charge in [0.25, 0.3) is 0 Å². The quantitative estimate of drug-likeness (QED) is 0.869. The molecule has 0 saturated carbocycles. The highest BCUT2D eigenvalue weighted by Crippen LogP contribution is 2.21. The molecular weight excluding hydrogens is 292 g/mol. The molecule has 1 aromatic rings. The molecule has 2 rings (SSSR count). The molecule has 6 nitrogen and oxygen atoms in total. The number of aryl methyl sites for hydroxylation is 1.